The van der Waals surface area contributed by atoms with E-state index in [1.165, 1.54) is 29.5 Å². The van der Waals surface area contributed by atoms with Crippen LogP contribution in [0.5, 0.6) is 5.75 Å². The average Bonchev–Trinajstić information content (AvgIpc) is 3.17. The normalized spacial score (nSPS) is 14.4. The van der Waals surface area contributed by atoms with Gasteiger partial charge in [-0.15, -0.1) is 0 Å². The largest absolute Gasteiger partial charge is 0.487 e. The molecule has 1 N–H and O–H groups in total. The van der Waals surface area contributed by atoms with E-state index < -0.39 is 0 Å². The number of aromatic nitrogens is 1. The number of benzene rings is 1. The molecule has 0 bridgehead atoms. The van der Waals surface area contributed by atoms with Gasteiger partial charge in [0.05, 0.1) is 0 Å². The van der Waals surface area contributed by atoms with Crippen molar-refractivity contribution >= 4 is 0 Å². The van der Waals surface area contributed by atoms with Crippen molar-refractivity contribution in [3.63, 3.8) is 0 Å². The molecule has 0 spiro atoms. The van der Waals surface area contributed by atoms with E-state index in [9.17, 15) is 0 Å². The number of hydrogen-bond donors (Lipinski definition) is 1. The molecule has 0 atom stereocenters. The molecule has 1 aromatic heterocycles. The number of nitrogens with one attached hydrogen (secondary N) is 1. The van der Waals surface area contributed by atoms with Crippen LogP contribution in [0.25, 0.3) is 0 Å². The standard InChI is InChI=1S/C17H22N2O2/c1-11-6-14(9-18-15-4-5-15)7-12(2)17(11)20-10-16-8-13(3)21-19-16/h6-8,15,18H,4-5,9-10H2,1-3H3. The van der Waals surface area contributed by atoms with Gasteiger partial charge in [0.15, 0.2) is 0 Å². The SMILES string of the molecule is Cc1cc(COc2c(C)cc(CNC3CC3)cc2C)no1. The summed E-state index contributed by atoms with van der Waals surface area (Å²) in [5.74, 6) is 1.76. The third-order valence-corrected chi connectivity index (χ3v) is 3.73. The molecule has 1 saturated carbocycles. The second-order valence-corrected chi connectivity index (χ2v) is 5.93. The highest BCUT2D eigenvalue weighted by Crippen LogP contribution is 2.26. The first-order valence-electron chi connectivity index (χ1n) is 7.50. The number of aryl methyl sites for hydroxylation is 3. The van der Waals surface area contributed by atoms with Crippen molar-refractivity contribution in [2.45, 2.75) is 52.8 Å². The summed E-state index contributed by atoms with van der Waals surface area (Å²) in [4.78, 5) is 0. The van der Waals surface area contributed by atoms with E-state index in [2.05, 4.69) is 36.5 Å². The van der Waals surface area contributed by atoms with Gasteiger partial charge in [-0.1, -0.05) is 17.3 Å². The molecule has 1 aliphatic carbocycles. The van der Waals surface area contributed by atoms with E-state index in [4.69, 9.17) is 9.26 Å². The van der Waals surface area contributed by atoms with Gasteiger partial charge in [0, 0.05) is 18.7 Å². The predicted octanol–water partition coefficient (Wildman–Crippen LogP) is 3.43. The molecule has 0 aliphatic heterocycles. The third-order valence-electron chi connectivity index (χ3n) is 3.73. The second kappa shape index (κ2) is 5.90. The molecule has 1 fully saturated rings. The van der Waals surface area contributed by atoms with Crippen molar-refractivity contribution in [2.75, 3.05) is 0 Å². The fraction of sp³-hybridized carbons (Fsp3) is 0.471. The maximum absolute atomic E-state index is 5.92. The molecule has 1 heterocycles. The van der Waals surface area contributed by atoms with Crippen molar-refractivity contribution in [1.82, 2.24) is 10.5 Å². The minimum Gasteiger partial charge on any atom is -0.487 e. The average molecular weight is 286 g/mol. The van der Waals surface area contributed by atoms with Gasteiger partial charge in [0.2, 0.25) is 0 Å². The van der Waals surface area contributed by atoms with Crippen LogP contribution in [0.4, 0.5) is 0 Å². The van der Waals surface area contributed by atoms with Crippen LogP contribution in [0.15, 0.2) is 22.7 Å². The van der Waals surface area contributed by atoms with Crippen molar-refractivity contribution in [3.8, 4) is 5.75 Å². The minimum atomic E-state index is 0.443. The maximum Gasteiger partial charge on any atom is 0.134 e. The zero-order valence-electron chi connectivity index (χ0n) is 12.9. The summed E-state index contributed by atoms with van der Waals surface area (Å²) in [5, 5.41) is 7.50. The van der Waals surface area contributed by atoms with E-state index in [-0.39, 0.29) is 0 Å². The number of ether oxygens (including phenoxy) is 1. The molecular weight excluding hydrogens is 264 g/mol. The topological polar surface area (TPSA) is 47.3 Å². The van der Waals surface area contributed by atoms with Crippen LogP contribution >= 0.6 is 0 Å². The van der Waals surface area contributed by atoms with Gasteiger partial charge in [-0.05, 0) is 50.3 Å². The van der Waals surface area contributed by atoms with Crippen LogP contribution in [-0.2, 0) is 13.2 Å². The fourth-order valence-electron chi connectivity index (χ4n) is 2.55. The fourth-order valence-corrected chi connectivity index (χ4v) is 2.55. The molecular formula is C17H22N2O2. The Morgan fingerprint density at radius 3 is 2.48 bits per heavy atom. The Labute approximate surface area is 125 Å². The van der Waals surface area contributed by atoms with Gasteiger partial charge >= 0.3 is 0 Å². The van der Waals surface area contributed by atoms with Crippen molar-refractivity contribution < 1.29 is 9.26 Å². The molecule has 2 aromatic rings. The summed E-state index contributed by atoms with van der Waals surface area (Å²) in [6.45, 7) is 7.45. The first-order valence-corrected chi connectivity index (χ1v) is 7.50. The minimum absolute atomic E-state index is 0.443. The van der Waals surface area contributed by atoms with Gasteiger partial charge < -0.3 is 14.6 Å². The molecule has 21 heavy (non-hydrogen) atoms. The van der Waals surface area contributed by atoms with Gasteiger partial charge in [0.25, 0.3) is 0 Å². The first kappa shape index (κ1) is 14.1. The van der Waals surface area contributed by atoms with Gasteiger partial charge in [-0.25, -0.2) is 0 Å². The maximum atomic E-state index is 5.92. The lowest BCUT2D eigenvalue weighted by atomic mass is 10.1. The molecule has 0 unspecified atom stereocenters. The molecule has 4 nitrogen and oxygen atoms in total. The number of hydrogen-bond acceptors (Lipinski definition) is 4. The van der Waals surface area contributed by atoms with Crippen LogP contribution < -0.4 is 10.1 Å². The van der Waals surface area contributed by atoms with Crippen LogP contribution in [0, 0.1) is 20.8 Å². The van der Waals surface area contributed by atoms with E-state index in [0.29, 0.717) is 6.61 Å². The summed E-state index contributed by atoms with van der Waals surface area (Å²) in [5.41, 5.74) is 4.48. The Bertz CT molecular complexity index is 606. The summed E-state index contributed by atoms with van der Waals surface area (Å²) < 4.78 is 11.0. The van der Waals surface area contributed by atoms with Crippen molar-refractivity contribution in [3.05, 3.63) is 46.3 Å². The first-order chi connectivity index (χ1) is 10.1. The van der Waals surface area contributed by atoms with E-state index in [0.717, 1.165) is 29.8 Å². The summed E-state index contributed by atoms with van der Waals surface area (Å²) in [7, 11) is 0. The Kier molecular flexibility index (Phi) is 3.97. The van der Waals surface area contributed by atoms with Gasteiger partial charge in [-0.2, -0.15) is 0 Å². The predicted molar refractivity (Wildman–Crippen MR) is 81.3 cm³/mol. The highest BCUT2D eigenvalue weighted by molar-refractivity contribution is 5.43. The summed E-state index contributed by atoms with van der Waals surface area (Å²) >= 11 is 0. The molecule has 0 amide bonds. The lowest BCUT2D eigenvalue weighted by Gasteiger charge is -2.13. The quantitative estimate of drug-likeness (QED) is 0.883. The molecule has 4 heteroatoms. The monoisotopic (exact) mass is 286 g/mol. The van der Waals surface area contributed by atoms with Crippen LogP contribution in [0.2, 0.25) is 0 Å². The molecule has 0 radical (unpaired) electrons. The summed E-state index contributed by atoms with van der Waals surface area (Å²) in [6, 6.07) is 7.03. The Balaban J connectivity index is 1.66. The Morgan fingerprint density at radius 2 is 1.90 bits per heavy atom. The van der Waals surface area contributed by atoms with E-state index in [1.807, 2.05) is 13.0 Å². The number of rotatable bonds is 6. The Hall–Kier alpha value is -1.81. The van der Waals surface area contributed by atoms with Gasteiger partial charge in [-0.3, -0.25) is 0 Å². The van der Waals surface area contributed by atoms with Crippen molar-refractivity contribution in [1.29, 1.82) is 0 Å². The lowest BCUT2D eigenvalue weighted by molar-refractivity contribution is 0.284. The Morgan fingerprint density at radius 1 is 1.19 bits per heavy atom. The van der Waals surface area contributed by atoms with Crippen LogP contribution in [0.3, 0.4) is 0 Å². The van der Waals surface area contributed by atoms with Crippen LogP contribution in [-0.4, -0.2) is 11.2 Å². The van der Waals surface area contributed by atoms with E-state index in [1.54, 1.807) is 0 Å². The molecule has 1 aliphatic rings. The van der Waals surface area contributed by atoms with Crippen molar-refractivity contribution in [2.24, 2.45) is 0 Å². The molecule has 1 aromatic carbocycles. The third kappa shape index (κ3) is 3.64. The zero-order chi connectivity index (χ0) is 14.8. The zero-order valence-corrected chi connectivity index (χ0v) is 12.9. The van der Waals surface area contributed by atoms with Crippen LogP contribution in [0.1, 0.15) is 41.0 Å². The second-order valence-electron chi connectivity index (χ2n) is 5.93. The molecule has 112 valence electrons. The molecule has 0 saturated heterocycles. The lowest BCUT2D eigenvalue weighted by Crippen LogP contribution is -2.15. The summed E-state index contributed by atoms with van der Waals surface area (Å²) in [6.07, 6.45) is 2.63. The highest BCUT2D eigenvalue weighted by atomic mass is 16.5. The number of nitrogens with zero attached hydrogens (tertiary/aromatic N) is 1. The smallest absolute Gasteiger partial charge is 0.134 e. The van der Waals surface area contributed by atoms with E-state index >= 15 is 0 Å². The highest BCUT2D eigenvalue weighted by Gasteiger charge is 2.20. The van der Waals surface area contributed by atoms with Gasteiger partial charge in [0.1, 0.15) is 23.8 Å². The molecule has 3 rings (SSSR count).